The van der Waals surface area contributed by atoms with E-state index in [0.29, 0.717) is 5.56 Å². The smallest absolute Gasteiger partial charge is 0.295 e. The molecule has 1 amide bonds. The molecule has 0 spiro atoms. The number of halogens is 1. The molecule has 0 saturated carbocycles. The molecule has 3 aromatic rings. The first kappa shape index (κ1) is 20.6. The molecule has 1 atom stereocenters. The second-order valence-electron chi connectivity index (χ2n) is 6.94. The van der Waals surface area contributed by atoms with Gasteiger partial charge in [-0.1, -0.05) is 12.1 Å². The Hall–Kier alpha value is -3.65. The van der Waals surface area contributed by atoms with Gasteiger partial charge in [0.1, 0.15) is 11.6 Å². The number of amides is 1. The summed E-state index contributed by atoms with van der Waals surface area (Å²) in [4.78, 5) is 28.1. The van der Waals surface area contributed by atoms with Crippen molar-refractivity contribution in [3.8, 4) is 11.5 Å². The predicted molar refractivity (Wildman–Crippen MR) is 113 cm³/mol. The van der Waals surface area contributed by atoms with Gasteiger partial charge in [-0.3, -0.25) is 9.59 Å². The first-order valence-electron chi connectivity index (χ1n) is 9.34. The number of carbonyl (C=O) groups excluding carboxylic acids is 2. The monoisotopic (exact) mass is 439 g/mol. The van der Waals surface area contributed by atoms with Gasteiger partial charge in [-0.2, -0.15) is 0 Å². The number of carbonyl (C=O) groups is 2. The van der Waals surface area contributed by atoms with Gasteiger partial charge in [0.25, 0.3) is 11.7 Å². The van der Waals surface area contributed by atoms with Crippen molar-refractivity contribution in [2.24, 2.45) is 0 Å². The van der Waals surface area contributed by atoms with Crippen LogP contribution >= 0.6 is 11.3 Å². The normalized spacial score (nSPS) is 17.9. The third kappa shape index (κ3) is 3.77. The van der Waals surface area contributed by atoms with E-state index in [1.54, 1.807) is 6.07 Å². The molecule has 6 nitrogen and oxygen atoms in total. The van der Waals surface area contributed by atoms with E-state index in [2.05, 4.69) is 0 Å². The van der Waals surface area contributed by atoms with Crippen LogP contribution in [0, 0.1) is 5.82 Å². The van der Waals surface area contributed by atoms with Crippen LogP contribution in [0.3, 0.4) is 0 Å². The van der Waals surface area contributed by atoms with Crippen LogP contribution in [-0.4, -0.2) is 33.9 Å². The Kier molecular flexibility index (Phi) is 5.48. The first-order chi connectivity index (χ1) is 14.9. The molecule has 1 aliphatic rings. The second kappa shape index (κ2) is 8.23. The number of aliphatic hydroxyl groups excluding tert-OH is 1. The quantitative estimate of drug-likeness (QED) is 0.353. The van der Waals surface area contributed by atoms with Gasteiger partial charge in [-0.25, -0.2) is 4.39 Å². The third-order valence-corrected chi connectivity index (χ3v) is 5.94. The zero-order chi connectivity index (χ0) is 22.1. The van der Waals surface area contributed by atoms with Gasteiger partial charge in [0, 0.05) is 10.4 Å². The van der Waals surface area contributed by atoms with Crippen molar-refractivity contribution in [2.45, 2.75) is 12.6 Å². The largest absolute Gasteiger partial charge is 0.507 e. The van der Waals surface area contributed by atoms with E-state index in [-0.39, 0.29) is 29.2 Å². The third-order valence-electron chi connectivity index (χ3n) is 5.08. The van der Waals surface area contributed by atoms with Crippen molar-refractivity contribution in [1.82, 2.24) is 4.90 Å². The Labute approximate surface area is 181 Å². The standard InChI is InChI=1S/C23H18FNO5S/c1-30-18-11-14(6-9-17(18)26)20-19(21(27)13-4-7-15(24)8-5-13)22(28)23(29)25(20)12-16-3-2-10-31-16/h2-11,20,26-27H,12H2,1H3/b21-19+. The number of hydrogen-bond acceptors (Lipinski definition) is 6. The first-order valence-corrected chi connectivity index (χ1v) is 10.2. The number of rotatable bonds is 5. The zero-order valence-electron chi connectivity index (χ0n) is 16.4. The van der Waals surface area contributed by atoms with Gasteiger partial charge >= 0.3 is 0 Å². The van der Waals surface area contributed by atoms with Crippen molar-refractivity contribution in [2.75, 3.05) is 7.11 Å². The van der Waals surface area contributed by atoms with E-state index >= 15 is 0 Å². The molecule has 31 heavy (non-hydrogen) atoms. The number of phenols is 1. The SMILES string of the molecule is COc1cc(C2/C(=C(\O)c3ccc(F)cc3)C(=O)C(=O)N2Cc2cccs2)ccc1O. The lowest BCUT2D eigenvalue weighted by atomic mass is 9.95. The molecule has 158 valence electrons. The molecule has 2 heterocycles. The number of ketones is 1. The van der Waals surface area contributed by atoms with Crippen molar-refractivity contribution in [1.29, 1.82) is 0 Å². The van der Waals surface area contributed by atoms with E-state index < -0.39 is 29.3 Å². The number of hydrogen-bond donors (Lipinski definition) is 2. The van der Waals surface area contributed by atoms with Gasteiger partial charge in [-0.15, -0.1) is 11.3 Å². The van der Waals surface area contributed by atoms with Crippen LogP contribution < -0.4 is 4.74 Å². The molecule has 0 aliphatic carbocycles. The molecule has 1 unspecified atom stereocenters. The number of phenolic OH excluding ortho intramolecular Hbond substituents is 1. The van der Waals surface area contributed by atoms with Crippen LogP contribution in [0.5, 0.6) is 11.5 Å². The number of benzene rings is 2. The summed E-state index contributed by atoms with van der Waals surface area (Å²) < 4.78 is 18.5. The maximum absolute atomic E-state index is 13.3. The van der Waals surface area contributed by atoms with E-state index in [0.717, 1.165) is 17.0 Å². The van der Waals surface area contributed by atoms with Crippen LogP contribution in [0.25, 0.3) is 5.76 Å². The lowest BCUT2D eigenvalue weighted by molar-refractivity contribution is -0.140. The van der Waals surface area contributed by atoms with Crippen LogP contribution in [0.2, 0.25) is 0 Å². The van der Waals surface area contributed by atoms with Crippen LogP contribution in [-0.2, 0) is 16.1 Å². The van der Waals surface area contributed by atoms with Gasteiger partial charge in [0.2, 0.25) is 0 Å². The summed E-state index contributed by atoms with van der Waals surface area (Å²) in [7, 11) is 1.39. The number of thiophene rings is 1. The van der Waals surface area contributed by atoms with Gasteiger partial charge in [0.15, 0.2) is 11.5 Å². The van der Waals surface area contributed by atoms with Crippen LogP contribution in [0.1, 0.15) is 22.0 Å². The van der Waals surface area contributed by atoms with Crippen molar-refractivity contribution < 1.29 is 28.9 Å². The fraction of sp³-hybridized carbons (Fsp3) is 0.130. The highest BCUT2D eigenvalue weighted by molar-refractivity contribution is 7.09. The Balaban J connectivity index is 1.89. The van der Waals surface area contributed by atoms with Crippen LogP contribution in [0.4, 0.5) is 4.39 Å². The fourth-order valence-electron chi connectivity index (χ4n) is 3.59. The molecule has 4 rings (SSSR count). The highest BCUT2D eigenvalue weighted by Crippen LogP contribution is 2.42. The molecule has 1 saturated heterocycles. The van der Waals surface area contributed by atoms with E-state index in [4.69, 9.17) is 4.74 Å². The summed E-state index contributed by atoms with van der Waals surface area (Å²) >= 11 is 1.44. The maximum atomic E-state index is 13.3. The molecule has 0 radical (unpaired) electrons. The predicted octanol–water partition coefficient (Wildman–Crippen LogP) is 4.22. The van der Waals surface area contributed by atoms with E-state index in [9.17, 15) is 24.2 Å². The highest BCUT2D eigenvalue weighted by Gasteiger charge is 2.46. The minimum Gasteiger partial charge on any atom is -0.507 e. The summed E-state index contributed by atoms with van der Waals surface area (Å²) in [5, 5.41) is 22.8. The van der Waals surface area contributed by atoms with Crippen LogP contribution in [0.15, 0.2) is 65.6 Å². The Morgan fingerprint density at radius 1 is 1.16 bits per heavy atom. The molecule has 1 aromatic heterocycles. The molecule has 1 aliphatic heterocycles. The average Bonchev–Trinajstić information content (AvgIpc) is 3.37. The molecule has 2 N–H and O–H groups in total. The summed E-state index contributed by atoms with van der Waals surface area (Å²) in [6, 6.07) is 12.3. The minimum atomic E-state index is -0.915. The lowest BCUT2D eigenvalue weighted by Gasteiger charge is -2.25. The van der Waals surface area contributed by atoms with Gasteiger partial charge < -0.3 is 19.8 Å². The number of aliphatic hydroxyl groups is 1. The van der Waals surface area contributed by atoms with Crippen molar-refractivity contribution in [3.05, 3.63) is 87.4 Å². The Morgan fingerprint density at radius 2 is 1.90 bits per heavy atom. The second-order valence-corrected chi connectivity index (χ2v) is 7.98. The number of ether oxygens (including phenoxy) is 1. The molecular weight excluding hydrogens is 421 g/mol. The fourth-order valence-corrected chi connectivity index (χ4v) is 4.29. The molecule has 1 fully saturated rings. The average molecular weight is 439 g/mol. The topological polar surface area (TPSA) is 87.1 Å². The Morgan fingerprint density at radius 3 is 2.55 bits per heavy atom. The van der Waals surface area contributed by atoms with E-state index in [1.165, 1.54) is 47.6 Å². The summed E-state index contributed by atoms with van der Waals surface area (Å²) in [5.41, 5.74) is 0.584. The molecule has 8 heteroatoms. The summed E-state index contributed by atoms with van der Waals surface area (Å²) in [5.74, 6) is -2.41. The Bertz CT molecular complexity index is 1170. The molecule has 0 bridgehead atoms. The van der Waals surface area contributed by atoms with E-state index in [1.807, 2.05) is 17.5 Å². The number of aromatic hydroxyl groups is 1. The maximum Gasteiger partial charge on any atom is 0.295 e. The number of methoxy groups -OCH3 is 1. The summed E-state index contributed by atoms with van der Waals surface area (Å²) in [6.45, 7) is 0.163. The number of nitrogens with zero attached hydrogens (tertiary/aromatic N) is 1. The minimum absolute atomic E-state index is 0.0972. The van der Waals surface area contributed by atoms with Gasteiger partial charge in [-0.05, 0) is 53.4 Å². The number of likely N-dealkylation sites (tertiary alicyclic amines) is 1. The van der Waals surface area contributed by atoms with Crippen molar-refractivity contribution >= 4 is 28.8 Å². The summed E-state index contributed by atoms with van der Waals surface area (Å²) in [6.07, 6.45) is 0. The van der Waals surface area contributed by atoms with Crippen molar-refractivity contribution in [3.63, 3.8) is 0 Å². The molecule has 2 aromatic carbocycles. The molecular formula is C23H18FNO5S. The lowest BCUT2D eigenvalue weighted by Crippen LogP contribution is -2.28. The van der Waals surface area contributed by atoms with Gasteiger partial charge in [0.05, 0.1) is 25.3 Å². The zero-order valence-corrected chi connectivity index (χ0v) is 17.2. The highest BCUT2D eigenvalue weighted by atomic mass is 32.1. The number of Topliss-reactive ketones (excluding diaryl/α,β-unsaturated/α-hetero) is 1.